The zero-order chi connectivity index (χ0) is 14.8. The summed E-state index contributed by atoms with van der Waals surface area (Å²) in [6.07, 6.45) is -9.07. The van der Waals surface area contributed by atoms with Crippen molar-refractivity contribution in [1.82, 2.24) is 0 Å². The summed E-state index contributed by atoms with van der Waals surface area (Å²) in [7, 11) is 1.09. The third-order valence-electron chi connectivity index (χ3n) is 2.40. The van der Waals surface area contributed by atoms with Crippen LogP contribution >= 0.6 is 15.9 Å². The maximum absolute atomic E-state index is 12.8. The molecule has 0 fully saturated rings. The molecule has 0 aliphatic rings. The molecule has 1 aromatic rings. The summed E-state index contributed by atoms with van der Waals surface area (Å²) in [5.41, 5.74) is -1.08. The van der Waals surface area contributed by atoms with Crippen molar-refractivity contribution in [3.8, 4) is 0 Å². The molecule has 0 atom stereocenters. The Morgan fingerprint density at radius 2 is 1.68 bits per heavy atom. The van der Waals surface area contributed by atoms with Crippen LogP contribution in [-0.4, -0.2) is 19.8 Å². The molecule has 0 unspecified atom stereocenters. The highest BCUT2D eigenvalue weighted by Gasteiger charge is 2.34. The number of hydrogen-bond donors (Lipinski definition) is 0. The number of hydrogen-bond acceptors (Lipinski definition) is 1. The average molecular weight is 350 g/mol. The Labute approximate surface area is 114 Å². The Balaban J connectivity index is 3.12. The summed E-state index contributed by atoms with van der Waals surface area (Å²) in [4.78, 5) is 0.729. The maximum atomic E-state index is 12.8. The molecule has 1 aromatic carbocycles. The van der Waals surface area contributed by atoms with Crippen LogP contribution in [-0.2, 0) is 11.5 Å². The molecule has 108 valence electrons. The minimum Gasteiger partial charge on any atom is -0.366 e. The van der Waals surface area contributed by atoms with Crippen molar-refractivity contribution in [3.05, 3.63) is 29.3 Å². The van der Waals surface area contributed by atoms with Crippen LogP contribution in [0, 0.1) is 0 Å². The van der Waals surface area contributed by atoms with Gasteiger partial charge in [0.25, 0.3) is 0 Å². The molecule has 8 heteroatoms. The van der Waals surface area contributed by atoms with Gasteiger partial charge >= 0.3 is 12.4 Å². The van der Waals surface area contributed by atoms with Crippen molar-refractivity contribution in [3.63, 3.8) is 0 Å². The van der Waals surface area contributed by atoms with Gasteiger partial charge in [0.05, 0.1) is 5.56 Å². The van der Waals surface area contributed by atoms with Crippen LogP contribution in [0.25, 0.3) is 0 Å². The zero-order valence-corrected chi connectivity index (χ0v) is 11.3. The molecule has 0 bridgehead atoms. The van der Waals surface area contributed by atoms with Crippen LogP contribution in [0.15, 0.2) is 18.2 Å². The van der Waals surface area contributed by atoms with E-state index in [9.17, 15) is 26.3 Å². The molecule has 0 radical (unpaired) electrons. The first-order valence-corrected chi connectivity index (χ1v) is 6.20. The Bertz CT molecular complexity index is 440. The van der Waals surface area contributed by atoms with Gasteiger partial charge in [-0.1, -0.05) is 22.0 Å². The van der Waals surface area contributed by atoms with E-state index in [1.165, 1.54) is 12.1 Å². The molecule has 1 rings (SSSR count). The average Bonchev–Trinajstić information content (AvgIpc) is 2.24. The van der Waals surface area contributed by atoms with Gasteiger partial charge in [0.2, 0.25) is 0 Å². The Hall–Kier alpha value is -0.920. The van der Waals surface area contributed by atoms with Gasteiger partial charge in [0.15, 0.2) is 0 Å². The van der Waals surface area contributed by atoms with E-state index in [0.29, 0.717) is 0 Å². The smallest absolute Gasteiger partial charge is 0.366 e. The van der Waals surface area contributed by atoms with E-state index in [2.05, 4.69) is 15.9 Å². The highest BCUT2D eigenvalue weighted by atomic mass is 79.9. The van der Waals surface area contributed by atoms with E-state index in [1.807, 2.05) is 0 Å². The van der Waals surface area contributed by atoms with E-state index in [4.69, 9.17) is 0 Å². The van der Waals surface area contributed by atoms with Crippen LogP contribution in [0.1, 0.15) is 11.1 Å². The van der Waals surface area contributed by atoms with Crippen molar-refractivity contribution in [2.75, 3.05) is 18.5 Å². The molecule has 19 heavy (non-hydrogen) atoms. The minimum absolute atomic E-state index is 0.0170. The monoisotopic (exact) mass is 349 g/mol. The summed E-state index contributed by atoms with van der Waals surface area (Å²) in [5, 5.41) is -0.0227. The summed E-state index contributed by atoms with van der Waals surface area (Å²) >= 11 is 2.92. The Morgan fingerprint density at radius 3 is 2.11 bits per heavy atom. The second-order valence-electron chi connectivity index (χ2n) is 3.94. The first-order valence-electron chi connectivity index (χ1n) is 5.08. The number of alkyl halides is 7. The maximum Gasteiger partial charge on any atom is 0.416 e. The van der Waals surface area contributed by atoms with Crippen molar-refractivity contribution < 1.29 is 26.3 Å². The van der Waals surface area contributed by atoms with Gasteiger partial charge in [-0.05, 0) is 17.7 Å². The predicted molar refractivity (Wildman–Crippen MR) is 63.4 cm³/mol. The van der Waals surface area contributed by atoms with Crippen molar-refractivity contribution in [2.24, 2.45) is 0 Å². The predicted octanol–water partition coefficient (Wildman–Crippen LogP) is 4.60. The molecule has 0 spiro atoms. The van der Waals surface area contributed by atoms with E-state index in [1.54, 1.807) is 0 Å². The van der Waals surface area contributed by atoms with Gasteiger partial charge in [0.1, 0.15) is 6.54 Å². The minimum atomic E-state index is -4.60. The standard InChI is InChI=1S/C11H10BrF6N/c1-19(6-10(13,14)15)8-3-2-7(5-12)9(4-8)11(16,17)18/h2-4H,5-6H2,1H3. The van der Waals surface area contributed by atoms with Crippen LogP contribution in [0.3, 0.4) is 0 Å². The molecular weight excluding hydrogens is 340 g/mol. The number of benzene rings is 1. The summed E-state index contributed by atoms with van der Waals surface area (Å²) in [5.74, 6) is 0. The van der Waals surface area contributed by atoms with Crippen LogP contribution in [0.4, 0.5) is 32.0 Å². The number of nitrogens with zero attached hydrogens (tertiary/aromatic N) is 1. The molecule has 0 amide bonds. The Morgan fingerprint density at radius 1 is 1.11 bits per heavy atom. The molecule has 0 aliphatic heterocycles. The molecule has 0 N–H and O–H groups in total. The highest BCUT2D eigenvalue weighted by molar-refractivity contribution is 9.08. The summed E-state index contributed by atoms with van der Waals surface area (Å²) in [6.45, 7) is -1.31. The lowest BCUT2D eigenvalue weighted by molar-refractivity contribution is -0.138. The molecular formula is C11H10BrF6N. The fourth-order valence-electron chi connectivity index (χ4n) is 1.54. The fraction of sp³-hybridized carbons (Fsp3) is 0.455. The second-order valence-corrected chi connectivity index (χ2v) is 4.50. The molecule has 0 heterocycles. The first kappa shape index (κ1) is 16.1. The molecule has 0 saturated heterocycles. The fourth-order valence-corrected chi connectivity index (χ4v) is 2.03. The van der Waals surface area contributed by atoms with E-state index >= 15 is 0 Å². The van der Waals surface area contributed by atoms with Gasteiger partial charge < -0.3 is 4.90 Å². The van der Waals surface area contributed by atoms with Crippen molar-refractivity contribution in [2.45, 2.75) is 17.7 Å². The van der Waals surface area contributed by atoms with E-state index < -0.39 is 24.5 Å². The Kier molecular flexibility index (Phi) is 4.76. The van der Waals surface area contributed by atoms with Gasteiger partial charge in [-0.15, -0.1) is 0 Å². The van der Waals surface area contributed by atoms with E-state index in [-0.39, 0.29) is 16.6 Å². The van der Waals surface area contributed by atoms with Crippen LogP contribution in [0.5, 0.6) is 0 Å². The van der Waals surface area contributed by atoms with Gasteiger partial charge in [0, 0.05) is 18.1 Å². The van der Waals surface area contributed by atoms with Crippen LogP contribution in [0.2, 0.25) is 0 Å². The third-order valence-corrected chi connectivity index (χ3v) is 3.00. The lowest BCUT2D eigenvalue weighted by Gasteiger charge is -2.22. The van der Waals surface area contributed by atoms with Crippen molar-refractivity contribution >= 4 is 21.6 Å². The van der Waals surface area contributed by atoms with Gasteiger partial charge in [-0.25, -0.2) is 0 Å². The number of halogens is 7. The van der Waals surface area contributed by atoms with Gasteiger partial charge in [-0.2, -0.15) is 26.3 Å². The molecule has 0 aliphatic carbocycles. The summed E-state index contributed by atoms with van der Waals surface area (Å²) < 4.78 is 74.9. The second kappa shape index (κ2) is 5.60. The summed E-state index contributed by atoms with van der Waals surface area (Å²) in [6, 6.07) is 3.12. The molecule has 0 saturated carbocycles. The molecule has 1 nitrogen and oxygen atoms in total. The number of anilines is 1. The lowest BCUT2D eigenvalue weighted by atomic mass is 10.1. The number of rotatable bonds is 3. The quantitative estimate of drug-likeness (QED) is 0.569. The SMILES string of the molecule is CN(CC(F)(F)F)c1ccc(CBr)c(C(F)(F)F)c1. The topological polar surface area (TPSA) is 3.24 Å². The third kappa shape index (κ3) is 4.59. The lowest BCUT2D eigenvalue weighted by Crippen LogP contribution is -2.31. The first-order chi connectivity index (χ1) is 8.54. The van der Waals surface area contributed by atoms with Crippen LogP contribution < -0.4 is 4.90 Å². The zero-order valence-electron chi connectivity index (χ0n) is 9.74. The normalized spacial score (nSPS) is 12.6. The largest absolute Gasteiger partial charge is 0.416 e. The van der Waals surface area contributed by atoms with Gasteiger partial charge in [-0.3, -0.25) is 0 Å². The molecule has 0 aromatic heterocycles. The van der Waals surface area contributed by atoms with E-state index in [0.717, 1.165) is 18.0 Å². The van der Waals surface area contributed by atoms with Crippen molar-refractivity contribution in [1.29, 1.82) is 0 Å². The highest BCUT2D eigenvalue weighted by Crippen LogP contribution is 2.35.